The number of benzene rings is 1. The molecule has 0 spiro atoms. The predicted molar refractivity (Wildman–Crippen MR) is 75.2 cm³/mol. The number of hydrogen-bond donors (Lipinski definition) is 1. The number of carbonyl (C=O) groups excluding carboxylic acids is 1. The molecule has 0 radical (unpaired) electrons. The van der Waals surface area contributed by atoms with Crippen LogP contribution in [0, 0.1) is 5.92 Å². The maximum absolute atomic E-state index is 12.0. The van der Waals surface area contributed by atoms with Crippen LogP contribution in [0.25, 0.3) is 0 Å². The van der Waals surface area contributed by atoms with Gasteiger partial charge < -0.3 is 9.73 Å². The van der Waals surface area contributed by atoms with E-state index < -0.39 is 0 Å². The van der Waals surface area contributed by atoms with Crippen molar-refractivity contribution in [2.24, 2.45) is 5.92 Å². The summed E-state index contributed by atoms with van der Waals surface area (Å²) in [5.74, 6) is 0.583. The van der Waals surface area contributed by atoms with Crippen molar-refractivity contribution in [2.75, 3.05) is 0 Å². The zero-order valence-corrected chi connectivity index (χ0v) is 12.0. The fraction of sp³-hybridized carbons (Fsp3) is 0.400. The molecule has 0 saturated carbocycles. The molecule has 0 fully saturated rings. The molecule has 106 valence electrons. The lowest BCUT2D eigenvalue weighted by Crippen LogP contribution is -2.26. The lowest BCUT2D eigenvalue weighted by molar-refractivity contribution is 0.0902. The van der Waals surface area contributed by atoms with Crippen LogP contribution in [0.5, 0.6) is 0 Å². The third-order valence-electron chi connectivity index (χ3n) is 2.89. The average Bonchev–Trinajstić information content (AvgIpc) is 2.87. The molecule has 0 bridgehead atoms. The molecule has 0 saturated heterocycles. The van der Waals surface area contributed by atoms with Crippen LogP contribution in [-0.2, 0) is 6.42 Å². The van der Waals surface area contributed by atoms with E-state index in [1.54, 1.807) is 0 Å². The van der Waals surface area contributed by atoms with E-state index in [0.29, 0.717) is 18.2 Å². The van der Waals surface area contributed by atoms with Crippen molar-refractivity contribution >= 4 is 5.91 Å². The van der Waals surface area contributed by atoms with E-state index in [4.69, 9.17) is 4.42 Å². The summed E-state index contributed by atoms with van der Waals surface area (Å²) in [5, 5.41) is 10.5. The van der Waals surface area contributed by atoms with Crippen LogP contribution in [0.2, 0.25) is 0 Å². The van der Waals surface area contributed by atoms with Gasteiger partial charge in [-0.3, -0.25) is 4.79 Å². The van der Waals surface area contributed by atoms with Crippen molar-refractivity contribution in [3.63, 3.8) is 0 Å². The number of carbonyl (C=O) groups is 1. The molecule has 5 nitrogen and oxygen atoms in total. The highest BCUT2D eigenvalue weighted by molar-refractivity contribution is 5.89. The normalized spacial score (nSPS) is 12.4. The van der Waals surface area contributed by atoms with Gasteiger partial charge in [-0.15, -0.1) is 10.2 Å². The standard InChI is InChI=1S/C15H19N3O2/c1-10(2)9-13-17-18-15(20-13)14(19)16-11(3)12-7-5-4-6-8-12/h4-8,10-11H,9H2,1-3H3,(H,16,19)/t11-/m0/s1. The van der Waals surface area contributed by atoms with Gasteiger partial charge in [-0.05, 0) is 18.4 Å². The molecule has 2 aromatic rings. The van der Waals surface area contributed by atoms with Gasteiger partial charge in [0.25, 0.3) is 0 Å². The maximum atomic E-state index is 12.0. The lowest BCUT2D eigenvalue weighted by atomic mass is 10.1. The van der Waals surface area contributed by atoms with Crippen molar-refractivity contribution in [2.45, 2.75) is 33.2 Å². The predicted octanol–water partition coefficient (Wildman–Crippen LogP) is 2.76. The van der Waals surface area contributed by atoms with Gasteiger partial charge >= 0.3 is 11.8 Å². The van der Waals surface area contributed by atoms with Gasteiger partial charge in [0, 0.05) is 6.42 Å². The first kappa shape index (κ1) is 14.2. The molecular weight excluding hydrogens is 254 g/mol. The van der Waals surface area contributed by atoms with Gasteiger partial charge in [-0.2, -0.15) is 0 Å². The van der Waals surface area contributed by atoms with E-state index in [1.807, 2.05) is 37.3 Å². The van der Waals surface area contributed by atoms with Gasteiger partial charge in [0.05, 0.1) is 6.04 Å². The van der Waals surface area contributed by atoms with Gasteiger partial charge in [-0.1, -0.05) is 44.2 Å². The second-order valence-corrected chi connectivity index (χ2v) is 5.20. The van der Waals surface area contributed by atoms with Gasteiger partial charge in [0.1, 0.15) is 0 Å². The van der Waals surface area contributed by atoms with Crippen molar-refractivity contribution in [3.8, 4) is 0 Å². The Kier molecular flexibility index (Phi) is 4.50. The third kappa shape index (κ3) is 3.66. The van der Waals surface area contributed by atoms with E-state index in [9.17, 15) is 4.79 Å². The van der Waals surface area contributed by atoms with E-state index in [1.165, 1.54) is 0 Å². The third-order valence-corrected chi connectivity index (χ3v) is 2.89. The Morgan fingerprint density at radius 2 is 1.90 bits per heavy atom. The quantitative estimate of drug-likeness (QED) is 0.909. The van der Waals surface area contributed by atoms with Crippen LogP contribution in [0.1, 0.15) is 49.0 Å². The zero-order valence-electron chi connectivity index (χ0n) is 12.0. The van der Waals surface area contributed by atoms with Crippen LogP contribution in [-0.4, -0.2) is 16.1 Å². The van der Waals surface area contributed by atoms with E-state index in [-0.39, 0.29) is 17.8 Å². The van der Waals surface area contributed by atoms with E-state index >= 15 is 0 Å². The highest BCUT2D eigenvalue weighted by Gasteiger charge is 2.17. The second kappa shape index (κ2) is 6.32. The lowest BCUT2D eigenvalue weighted by Gasteiger charge is -2.12. The summed E-state index contributed by atoms with van der Waals surface area (Å²) in [7, 11) is 0. The fourth-order valence-corrected chi connectivity index (χ4v) is 1.86. The van der Waals surface area contributed by atoms with Crippen molar-refractivity contribution in [1.29, 1.82) is 0 Å². The molecule has 0 unspecified atom stereocenters. The van der Waals surface area contributed by atoms with Crippen LogP contribution >= 0.6 is 0 Å². The Morgan fingerprint density at radius 3 is 2.55 bits per heavy atom. The molecular formula is C15H19N3O2. The summed E-state index contributed by atoms with van der Waals surface area (Å²) in [5.41, 5.74) is 1.03. The molecule has 2 rings (SSSR count). The molecule has 0 aliphatic rings. The number of nitrogens with one attached hydrogen (secondary N) is 1. The summed E-state index contributed by atoms with van der Waals surface area (Å²) in [4.78, 5) is 12.0. The van der Waals surface area contributed by atoms with Crippen LogP contribution in [0.15, 0.2) is 34.7 Å². The van der Waals surface area contributed by atoms with Crippen LogP contribution in [0.3, 0.4) is 0 Å². The Labute approximate surface area is 118 Å². The number of hydrogen-bond acceptors (Lipinski definition) is 4. The van der Waals surface area contributed by atoms with E-state index in [2.05, 4.69) is 29.4 Å². The molecule has 1 amide bonds. The Bertz CT molecular complexity index is 564. The van der Waals surface area contributed by atoms with Gasteiger partial charge in [0.2, 0.25) is 5.89 Å². The molecule has 1 aromatic heterocycles. The molecule has 1 atom stereocenters. The summed E-state index contributed by atoms with van der Waals surface area (Å²) < 4.78 is 5.36. The largest absolute Gasteiger partial charge is 0.417 e. The first-order valence-electron chi connectivity index (χ1n) is 6.74. The zero-order chi connectivity index (χ0) is 14.5. The average molecular weight is 273 g/mol. The number of rotatable bonds is 5. The Morgan fingerprint density at radius 1 is 1.20 bits per heavy atom. The summed E-state index contributed by atoms with van der Waals surface area (Å²) in [6.45, 7) is 6.03. The van der Waals surface area contributed by atoms with Crippen LogP contribution < -0.4 is 5.32 Å². The SMILES string of the molecule is CC(C)Cc1nnc(C(=O)N[C@@H](C)c2ccccc2)o1. The molecule has 0 aliphatic carbocycles. The number of nitrogens with zero attached hydrogens (tertiary/aromatic N) is 2. The minimum atomic E-state index is -0.344. The first-order valence-corrected chi connectivity index (χ1v) is 6.74. The fourth-order valence-electron chi connectivity index (χ4n) is 1.86. The molecule has 1 aromatic carbocycles. The summed E-state index contributed by atoms with van der Waals surface area (Å²) >= 11 is 0. The molecule has 20 heavy (non-hydrogen) atoms. The number of aromatic nitrogens is 2. The highest BCUT2D eigenvalue weighted by atomic mass is 16.4. The summed E-state index contributed by atoms with van der Waals surface area (Å²) in [6.07, 6.45) is 0.675. The van der Waals surface area contributed by atoms with Gasteiger partial charge in [0.15, 0.2) is 0 Å². The minimum Gasteiger partial charge on any atom is -0.417 e. The summed E-state index contributed by atoms with van der Waals surface area (Å²) in [6, 6.07) is 9.63. The first-order chi connectivity index (χ1) is 9.56. The van der Waals surface area contributed by atoms with Crippen molar-refractivity contribution in [3.05, 3.63) is 47.7 Å². The molecule has 0 aliphatic heterocycles. The number of amides is 1. The minimum absolute atomic E-state index is 0.0171. The maximum Gasteiger partial charge on any atom is 0.309 e. The van der Waals surface area contributed by atoms with Crippen LogP contribution in [0.4, 0.5) is 0 Å². The monoisotopic (exact) mass is 273 g/mol. The van der Waals surface area contributed by atoms with E-state index in [0.717, 1.165) is 5.56 Å². The molecule has 5 heteroatoms. The molecule has 1 heterocycles. The van der Waals surface area contributed by atoms with Crippen molar-refractivity contribution < 1.29 is 9.21 Å². The smallest absolute Gasteiger partial charge is 0.309 e. The second-order valence-electron chi connectivity index (χ2n) is 5.20. The van der Waals surface area contributed by atoms with Gasteiger partial charge in [-0.25, -0.2) is 0 Å². The highest BCUT2D eigenvalue weighted by Crippen LogP contribution is 2.12. The van der Waals surface area contributed by atoms with Crippen molar-refractivity contribution in [1.82, 2.24) is 15.5 Å². The Hall–Kier alpha value is -2.17. The molecule has 1 N–H and O–H groups in total. The topological polar surface area (TPSA) is 68.0 Å². The Balaban J connectivity index is 1.99.